The van der Waals surface area contributed by atoms with E-state index in [2.05, 4.69) is 60.7 Å². The van der Waals surface area contributed by atoms with Crippen LogP contribution < -0.4 is 0 Å². The van der Waals surface area contributed by atoms with E-state index in [0.717, 1.165) is 5.56 Å². The van der Waals surface area contributed by atoms with Gasteiger partial charge in [0, 0.05) is 6.42 Å². The van der Waals surface area contributed by atoms with E-state index in [1.165, 1.54) is 22.3 Å². The molecule has 0 amide bonds. The van der Waals surface area contributed by atoms with E-state index in [0.29, 0.717) is 6.42 Å². The zero-order valence-corrected chi connectivity index (χ0v) is 12.6. The third-order valence-electron chi connectivity index (χ3n) is 3.73. The fraction of sp³-hybridized carbons (Fsp3) is 0.0952. The molecule has 1 heteroatoms. The molecule has 0 unspecified atom stereocenters. The molecule has 3 aromatic carbocycles. The van der Waals surface area contributed by atoms with E-state index in [-0.39, 0.29) is 5.78 Å². The van der Waals surface area contributed by atoms with Crippen LogP contribution in [0.15, 0.2) is 78.9 Å². The predicted molar refractivity (Wildman–Crippen MR) is 91.7 cm³/mol. The average Bonchev–Trinajstić information content (AvgIpc) is 2.56. The molecule has 0 aliphatic rings. The lowest BCUT2D eigenvalue weighted by Crippen LogP contribution is -1.95. The van der Waals surface area contributed by atoms with E-state index < -0.39 is 0 Å². The highest BCUT2D eigenvalue weighted by Crippen LogP contribution is 2.31. The van der Waals surface area contributed by atoms with Crippen LogP contribution in [0.3, 0.4) is 0 Å². The van der Waals surface area contributed by atoms with Gasteiger partial charge in [0.2, 0.25) is 0 Å². The largest absolute Gasteiger partial charge is 0.300 e. The fourth-order valence-corrected chi connectivity index (χ4v) is 2.69. The Morgan fingerprint density at radius 2 is 1.18 bits per heavy atom. The number of hydrogen-bond donors (Lipinski definition) is 0. The Balaban J connectivity index is 2.00. The van der Waals surface area contributed by atoms with Crippen molar-refractivity contribution in [3.8, 4) is 22.3 Å². The van der Waals surface area contributed by atoms with Crippen molar-refractivity contribution in [1.82, 2.24) is 0 Å². The Morgan fingerprint density at radius 1 is 0.682 bits per heavy atom. The average molecular weight is 286 g/mol. The minimum Gasteiger partial charge on any atom is -0.300 e. The van der Waals surface area contributed by atoms with Gasteiger partial charge in [0.1, 0.15) is 5.78 Å². The molecule has 3 rings (SSSR count). The third kappa shape index (κ3) is 3.15. The van der Waals surface area contributed by atoms with Gasteiger partial charge < -0.3 is 0 Å². The van der Waals surface area contributed by atoms with Crippen molar-refractivity contribution >= 4 is 5.78 Å². The molecule has 1 nitrogen and oxygen atoms in total. The number of carbonyl (C=O) groups is 1. The van der Waals surface area contributed by atoms with E-state index in [1.807, 2.05) is 18.2 Å². The van der Waals surface area contributed by atoms with Gasteiger partial charge in [-0.05, 0) is 34.7 Å². The maximum Gasteiger partial charge on any atom is 0.134 e. The maximum atomic E-state index is 11.2. The molecule has 0 aliphatic carbocycles. The number of benzene rings is 3. The molecule has 0 atom stereocenters. The van der Waals surface area contributed by atoms with Crippen LogP contribution in [0.2, 0.25) is 0 Å². The highest BCUT2D eigenvalue weighted by molar-refractivity contribution is 5.84. The van der Waals surface area contributed by atoms with Crippen LogP contribution in [0.4, 0.5) is 0 Å². The second-order valence-electron chi connectivity index (χ2n) is 5.49. The Bertz CT molecular complexity index is 771. The predicted octanol–water partition coefficient (Wildman–Crippen LogP) is 5.15. The molecule has 0 saturated carbocycles. The summed E-state index contributed by atoms with van der Waals surface area (Å²) < 4.78 is 0. The van der Waals surface area contributed by atoms with Crippen LogP contribution in [0, 0.1) is 0 Å². The van der Waals surface area contributed by atoms with Crippen LogP contribution in [-0.4, -0.2) is 5.78 Å². The lowest BCUT2D eigenvalue weighted by Gasteiger charge is -2.10. The summed E-state index contributed by atoms with van der Waals surface area (Å²) in [4.78, 5) is 11.2. The van der Waals surface area contributed by atoms with Crippen LogP contribution in [0.1, 0.15) is 12.5 Å². The zero-order valence-electron chi connectivity index (χ0n) is 12.6. The van der Waals surface area contributed by atoms with Crippen molar-refractivity contribution in [2.24, 2.45) is 0 Å². The molecule has 0 heterocycles. The van der Waals surface area contributed by atoms with Gasteiger partial charge in [-0.1, -0.05) is 78.9 Å². The monoisotopic (exact) mass is 286 g/mol. The summed E-state index contributed by atoms with van der Waals surface area (Å²) >= 11 is 0. The standard InChI is InChI=1S/C21H18O/c1-16(22)15-17-11-13-19(14-12-17)21-10-6-5-9-20(21)18-7-3-2-4-8-18/h2-14H,15H2,1H3. The summed E-state index contributed by atoms with van der Waals surface area (Å²) in [6.45, 7) is 1.62. The first kappa shape index (κ1) is 14.3. The SMILES string of the molecule is CC(=O)Cc1ccc(-c2ccccc2-c2ccccc2)cc1. The Labute approximate surface area is 131 Å². The summed E-state index contributed by atoms with van der Waals surface area (Å²) in [6, 6.07) is 27.1. The lowest BCUT2D eigenvalue weighted by molar-refractivity contribution is -0.116. The molecule has 0 aromatic heterocycles. The van der Waals surface area contributed by atoms with Crippen LogP contribution in [0.5, 0.6) is 0 Å². The molecule has 0 fully saturated rings. The molecular weight excluding hydrogens is 268 g/mol. The first-order chi connectivity index (χ1) is 10.7. The first-order valence-corrected chi connectivity index (χ1v) is 7.47. The summed E-state index contributed by atoms with van der Waals surface area (Å²) in [5.41, 5.74) is 5.89. The highest BCUT2D eigenvalue weighted by Gasteiger charge is 2.06. The van der Waals surface area contributed by atoms with Crippen LogP contribution >= 0.6 is 0 Å². The summed E-state index contributed by atoms with van der Waals surface area (Å²) in [7, 11) is 0. The molecule has 0 spiro atoms. The molecule has 0 saturated heterocycles. The van der Waals surface area contributed by atoms with Gasteiger partial charge in [-0.15, -0.1) is 0 Å². The number of ketones is 1. The normalized spacial score (nSPS) is 10.4. The third-order valence-corrected chi connectivity index (χ3v) is 3.73. The van der Waals surface area contributed by atoms with Crippen LogP contribution in [0.25, 0.3) is 22.3 Å². The van der Waals surface area contributed by atoms with Gasteiger partial charge >= 0.3 is 0 Å². The summed E-state index contributed by atoms with van der Waals surface area (Å²) in [6.07, 6.45) is 0.501. The lowest BCUT2D eigenvalue weighted by atomic mass is 9.94. The maximum absolute atomic E-state index is 11.2. The van der Waals surface area contributed by atoms with E-state index in [1.54, 1.807) is 6.92 Å². The van der Waals surface area contributed by atoms with Gasteiger partial charge in [-0.3, -0.25) is 4.79 Å². The second-order valence-corrected chi connectivity index (χ2v) is 5.49. The number of carbonyl (C=O) groups excluding carboxylic acids is 1. The van der Waals surface area contributed by atoms with Gasteiger partial charge in [0.25, 0.3) is 0 Å². The van der Waals surface area contributed by atoms with Gasteiger partial charge in [-0.25, -0.2) is 0 Å². The molecule has 0 N–H and O–H groups in total. The number of Topliss-reactive ketones (excluding diaryl/α,β-unsaturated/α-hetero) is 1. The van der Waals surface area contributed by atoms with Crippen molar-refractivity contribution in [2.45, 2.75) is 13.3 Å². The molecular formula is C21H18O. The number of rotatable bonds is 4. The Hall–Kier alpha value is -2.67. The van der Waals surface area contributed by atoms with Crippen molar-refractivity contribution in [1.29, 1.82) is 0 Å². The highest BCUT2D eigenvalue weighted by atomic mass is 16.1. The van der Waals surface area contributed by atoms with Crippen molar-refractivity contribution in [2.75, 3.05) is 0 Å². The Morgan fingerprint density at radius 3 is 1.73 bits per heavy atom. The van der Waals surface area contributed by atoms with E-state index in [9.17, 15) is 4.79 Å². The van der Waals surface area contributed by atoms with Crippen molar-refractivity contribution in [3.63, 3.8) is 0 Å². The molecule has 3 aromatic rings. The van der Waals surface area contributed by atoms with Crippen LogP contribution in [-0.2, 0) is 11.2 Å². The molecule has 108 valence electrons. The quantitative estimate of drug-likeness (QED) is 0.648. The van der Waals surface area contributed by atoms with Gasteiger partial charge in [0.15, 0.2) is 0 Å². The second kappa shape index (κ2) is 6.40. The molecule has 0 radical (unpaired) electrons. The van der Waals surface area contributed by atoms with Crippen molar-refractivity contribution in [3.05, 3.63) is 84.4 Å². The smallest absolute Gasteiger partial charge is 0.134 e. The topological polar surface area (TPSA) is 17.1 Å². The zero-order chi connectivity index (χ0) is 15.4. The van der Waals surface area contributed by atoms with Gasteiger partial charge in [0.05, 0.1) is 0 Å². The minimum atomic E-state index is 0.192. The Kier molecular flexibility index (Phi) is 4.15. The van der Waals surface area contributed by atoms with Crippen molar-refractivity contribution < 1.29 is 4.79 Å². The summed E-state index contributed by atoms with van der Waals surface area (Å²) in [5.74, 6) is 0.192. The fourth-order valence-electron chi connectivity index (χ4n) is 2.69. The van der Waals surface area contributed by atoms with E-state index in [4.69, 9.17) is 0 Å². The molecule has 0 bridgehead atoms. The number of hydrogen-bond acceptors (Lipinski definition) is 1. The summed E-state index contributed by atoms with van der Waals surface area (Å²) in [5, 5.41) is 0. The molecule has 0 aliphatic heterocycles. The molecule has 22 heavy (non-hydrogen) atoms. The van der Waals surface area contributed by atoms with E-state index >= 15 is 0 Å². The first-order valence-electron chi connectivity index (χ1n) is 7.47. The van der Waals surface area contributed by atoms with Gasteiger partial charge in [-0.2, -0.15) is 0 Å². The minimum absolute atomic E-state index is 0.192.